The van der Waals surface area contributed by atoms with E-state index in [-0.39, 0.29) is 0 Å². The highest BCUT2D eigenvalue weighted by atomic mass is 14.0. The van der Waals surface area contributed by atoms with Gasteiger partial charge in [0.2, 0.25) is 0 Å². The van der Waals surface area contributed by atoms with Crippen molar-refractivity contribution in [1.82, 2.24) is 0 Å². The van der Waals surface area contributed by atoms with Crippen molar-refractivity contribution in [3.63, 3.8) is 0 Å². The third-order valence-electron chi connectivity index (χ3n) is 3.41. The monoisotopic (exact) mass is 226 g/mol. The molecule has 0 aromatic heterocycles. The summed E-state index contributed by atoms with van der Waals surface area (Å²) in [5.74, 6) is 0. The zero-order valence-electron chi connectivity index (χ0n) is 10.8. The lowest BCUT2D eigenvalue weighted by molar-refractivity contribution is 0.632. The molecule has 0 atom stereocenters. The molecule has 2 aliphatic carbocycles. The average molecular weight is 226 g/mol. The summed E-state index contributed by atoms with van der Waals surface area (Å²) in [5, 5.41) is 0. The molecule has 2 rings (SSSR count). The van der Waals surface area contributed by atoms with Crippen molar-refractivity contribution in [1.29, 1.82) is 0 Å². The number of unbranched alkanes of at least 4 members (excludes halogenated alkanes) is 4. The van der Waals surface area contributed by atoms with Crippen LogP contribution in [0.4, 0.5) is 0 Å². The Hall–Kier alpha value is -1.30. The van der Waals surface area contributed by atoms with Gasteiger partial charge in [0.05, 0.1) is 0 Å². The molecule has 90 valence electrons. The first-order chi connectivity index (χ1) is 8.40. The van der Waals surface area contributed by atoms with Crippen LogP contribution in [0.15, 0.2) is 42.5 Å². The number of hydrogen-bond acceptors (Lipinski definition) is 0. The first-order valence-corrected chi connectivity index (χ1v) is 6.88. The summed E-state index contributed by atoms with van der Waals surface area (Å²) in [6.45, 7) is 2.27. The smallest absolute Gasteiger partial charge is 0.0184 e. The second kappa shape index (κ2) is 6.44. The molecule has 0 saturated carbocycles. The Morgan fingerprint density at radius 3 is 2.00 bits per heavy atom. The summed E-state index contributed by atoms with van der Waals surface area (Å²) in [5.41, 5.74) is 4.17. The minimum atomic E-state index is 1.22. The van der Waals surface area contributed by atoms with Gasteiger partial charge in [0.15, 0.2) is 0 Å². The van der Waals surface area contributed by atoms with Crippen LogP contribution in [0.5, 0.6) is 0 Å². The fourth-order valence-electron chi connectivity index (χ4n) is 2.30. The minimum absolute atomic E-state index is 1.22. The highest BCUT2D eigenvalue weighted by Gasteiger charge is 1.99. The van der Waals surface area contributed by atoms with Crippen LogP contribution < -0.4 is 0 Å². The van der Waals surface area contributed by atoms with Gasteiger partial charge >= 0.3 is 0 Å². The van der Waals surface area contributed by atoms with E-state index >= 15 is 0 Å². The quantitative estimate of drug-likeness (QED) is 0.586. The first-order valence-electron chi connectivity index (χ1n) is 6.88. The fourth-order valence-corrected chi connectivity index (χ4v) is 2.30. The molecule has 0 heterocycles. The summed E-state index contributed by atoms with van der Waals surface area (Å²) in [7, 11) is 0. The Balaban J connectivity index is 1.88. The van der Waals surface area contributed by atoms with Crippen LogP contribution >= 0.6 is 0 Å². The molecule has 0 unspecified atom stereocenters. The second-order valence-corrected chi connectivity index (χ2v) is 4.84. The van der Waals surface area contributed by atoms with Gasteiger partial charge in [0, 0.05) is 0 Å². The van der Waals surface area contributed by atoms with E-state index in [1.165, 1.54) is 55.2 Å². The standard InChI is InChI=1S/C17H22/c1-2-3-4-5-6-8-15-11-13-16-9-7-10-17(16)14-12-15/h7,9-14H,2-6,8H2,1H3. The number of aryl methyl sites for hydroxylation is 1. The van der Waals surface area contributed by atoms with Gasteiger partial charge in [-0.15, -0.1) is 0 Å². The largest absolute Gasteiger partial charge is 0.0654 e. The Bertz CT molecular complexity index is 386. The van der Waals surface area contributed by atoms with Crippen molar-refractivity contribution in [3.05, 3.63) is 48.0 Å². The van der Waals surface area contributed by atoms with E-state index in [1.54, 1.807) is 0 Å². The van der Waals surface area contributed by atoms with Crippen LogP contribution in [0.25, 0.3) is 11.1 Å². The predicted octanol–water partition coefficient (Wildman–Crippen LogP) is 5.30. The fraction of sp³-hybridized carbons (Fsp3) is 0.412. The number of fused-ring (bicyclic) bond motifs is 1. The van der Waals surface area contributed by atoms with E-state index in [0.29, 0.717) is 0 Å². The third-order valence-corrected chi connectivity index (χ3v) is 3.41. The van der Waals surface area contributed by atoms with Crippen molar-refractivity contribution in [3.8, 4) is 11.1 Å². The molecule has 0 aromatic carbocycles. The molecule has 0 aliphatic heterocycles. The second-order valence-electron chi connectivity index (χ2n) is 4.84. The lowest BCUT2D eigenvalue weighted by Gasteiger charge is -1.99. The zero-order chi connectivity index (χ0) is 11.9. The van der Waals surface area contributed by atoms with Gasteiger partial charge < -0.3 is 0 Å². The molecule has 2 aliphatic rings. The Morgan fingerprint density at radius 2 is 1.35 bits per heavy atom. The molecule has 0 bridgehead atoms. The maximum atomic E-state index is 2.28. The summed E-state index contributed by atoms with van der Waals surface area (Å²) in [6, 6.07) is 15.5. The lowest BCUT2D eigenvalue weighted by atomic mass is 10.1. The Morgan fingerprint density at radius 1 is 0.706 bits per heavy atom. The highest BCUT2D eigenvalue weighted by Crippen LogP contribution is 2.22. The molecule has 0 radical (unpaired) electrons. The molecule has 0 heteroatoms. The molecular weight excluding hydrogens is 204 g/mol. The van der Waals surface area contributed by atoms with Gasteiger partial charge in [-0.05, 0) is 29.5 Å². The maximum Gasteiger partial charge on any atom is -0.0184 e. The van der Waals surface area contributed by atoms with E-state index in [9.17, 15) is 0 Å². The van der Waals surface area contributed by atoms with Gasteiger partial charge in [-0.25, -0.2) is 0 Å². The lowest BCUT2D eigenvalue weighted by Crippen LogP contribution is -1.83. The van der Waals surface area contributed by atoms with Crippen LogP contribution in [-0.4, -0.2) is 0 Å². The van der Waals surface area contributed by atoms with E-state index in [2.05, 4.69) is 49.4 Å². The van der Waals surface area contributed by atoms with Gasteiger partial charge in [0.1, 0.15) is 0 Å². The average Bonchev–Trinajstić information content (AvgIpc) is 2.71. The minimum Gasteiger partial charge on any atom is -0.0654 e. The van der Waals surface area contributed by atoms with Crippen molar-refractivity contribution < 1.29 is 0 Å². The van der Waals surface area contributed by atoms with Crippen molar-refractivity contribution >= 4 is 0 Å². The third kappa shape index (κ3) is 3.59. The van der Waals surface area contributed by atoms with E-state index in [1.807, 2.05) is 0 Å². The number of rotatable bonds is 6. The highest BCUT2D eigenvalue weighted by molar-refractivity contribution is 5.65. The Labute approximate surface area is 105 Å². The van der Waals surface area contributed by atoms with E-state index in [4.69, 9.17) is 0 Å². The van der Waals surface area contributed by atoms with Crippen molar-refractivity contribution in [2.75, 3.05) is 0 Å². The molecule has 0 spiro atoms. The predicted molar refractivity (Wildman–Crippen MR) is 75.5 cm³/mol. The summed E-state index contributed by atoms with van der Waals surface area (Å²) in [6.07, 6.45) is 8.03. The summed E-state index contributed by atoms with van der Waals surface area (Å²) >= 11 is 0. The van der Waals surface area contributed by atoms with Crippen molar-refractivity contribution in [2.45, 2.75) is 45.4 Å². The molecule has 0 nitrogen and oxygen atoms in total. The topological polar surface area (TPSA) is 0 Å². The molecule has 0 fully saturated rings. The number of hydrogen-bond donors (Lipinski definition) is 0. The first kappa shape index (κ1) is 12.2. The molecule has 17 heavy (non-hydrogen) atoms. The van der Waals surface area contributed by atoms with Gasteiger partial charge in [-0.1, -0.05) is 75.1 Å². The SMILES string of the molecule is CCCCCCCc1ccc2cccc-2cc1. The van der Waals surface area contributed by atoms with E-state index < -0.39 is 0 Å². The van der Waals surface area contributed by atoms with Gasteiger partial charge in [-0.2, -0.15) is 0 Å². The van der Waals surface area contributed by atoms with Gasteiger partial charge in [0.25, 0.3) is 0 Å². The molecular formula is C17H22. The van der Waals surface area contributed by atoms with Crippen LogP contribution in [-0.2, 0) is 6.42 Å². The Kier molecular flexibility index (Phi) is 4.61. The summed E-state index contributed by atoms with van der Waals surface area (Å²) < 4.78 is 0. The molecule has 0 amide bonds. The van der Waals surface area contributed by atoms with Crippen LogP contribution in [0, 0.1) is 0 Å². The van der Waals surface area contributed by atoms with Gasteiger partial charge in [-0.3, -0.25) is 0 Å². The zero-order valence-corrected chi connectivity index (χ0v) is 10.8. The van der Waals surface area contributed by atoms with E-state index in [0.717, 1.165) is 0 Å². The molecule has 0 N–H and O–H groups in total. The normalized spacial score (nSPS) is 10.9. The summed E-state index contributed by atoms with van der Waals surface area (Å²) in [4.78, 5) is 0. The molecule has 0 aromatic rings. The van der Waals surface area contributed by atoms with Crippen LogP contribution in [0.2, 0.25) is 0 Å². The molecule has 0 saturated heterocycles. The maximum absolute atomic E-state index is 2.28. The van der Waals surface area contributed by atoms with Crippen LogP contribution in [0.1, 0.15) is 44.6 Å². The van der Waals surface area contributed by atoms with Crippen molar-refractivity contribution in [2.24, 2.45) is 0 Å². The van der Waals surface area contributed by atoms with Crippen LogP contribution in [0.3, 0.4) is 0 Å².